The molecule has 0 unspecified atom stereocenters. The van der Waals surface area contributed by atoms with Gasteiger partial charge in [-0.25, -0.2) is 14.4 Å². The topological polar surface area (TPSA) is 25.8 Å². The van der Waals surface area contributed by atoms with Crippen LogP contribution in [0.5, 0.6) is 0 Å². The molecule has 2 aromatic rings. The van der Waals surface area contributed by atoms with E-state index in [0.717, 1.165) is 30.5 Å². The van der Waals surface area contributed by atoms with E-state index in [9.17, 15) is 4.39 Å². The molecule has 18 heavy (non-hydrogen) atoms. The smallest absolute Gasteiger partial charge is 0.161 e. The van der Waals surface area contributed by atoms with Gasteiger partial charge in [0.2, 0.25) is 0 Å². The number of aromatic nitrogens is 2. The Kier molecular flexibility index (Phi) is 2.78. The molecule has 0 bridgehead atoms. The molecule has 1 aliphatic carbocycles. The summed E-state index contributed by atoms with van der Waals surface area (Å²) in [5.41, 5.74) is 3.35. The van der Waals surface area contributed by atoms with E-state index < -0.39 is 0 Å². The largest absolute Gasteiger partial charge is 0.233 e. The molecule has 1 heterocycles. The zero-order chi connectivity index (χ0) is 12.7. The lowest BCUT2D eigenvalue weighted by atomic mass is 10.1. The maximum atomic E-state index is 13.6. The van der Waals surface area contributed by atoms with Crippen molar-refractivity contribution in [1.82, 2.24) is 9.97 Å². The Hall–Kier alpha value is -1.48. The molecule has 1 aliphatic rings. The Morgan fingerprint density at radius 1 is 1.22 bits per heavy atom. The van der Waals surface area contributed by atoms with Gasteiger partial charge in [0.05, 0.1) is 0 Å². The fraction of sp³-hybridized carbons (Fsp3) is 0.286. The molecule has 0 aliphatic heterocycles. The van der Waals surface area contributed by atoms with E-state index in [1.807, 2.05) is 6.07 Å². The summed E-state index contributed by atoms with van der Waals surface area (Å²) in [5.74, 6) is 0.271. The number of halogens is 2. The number of hydrogen-bond donors (Lipinski definition) is 0. The molecule has 4 heteroatoms. The van der Waals surface area contributed by atoms with Crippen molar-refractivity contribution in [3.63, 3.8) is 0 Å². The van der Waals surface area contributed by atoms with Gasteiger partial charge in [-0.15, -0.1) is 0 Å². The zero-order valence-corrected chi connectivity index (χ0v) is 10.8. The first-order valence-electron chi connectivity index (χ1n) is 5.97. The second-order valence-corrected chi connectivity index (χ2v) is 4.94. The van der Waals surface area contributed by atoms with Crippen molar-refractivity contribution in [3.8, 4) is 11.4 Å². The van der Waals surface area contributed by atoms with Crippen LogP contribution < -0.4 is 0 Å². The van der Waals surface area contributed by atoms with Crippen molar-refractivity contribution in [2.75, 3.05) is 0 Å². The summed E-state index contributed by atoms with van der Waals surface area (Å²) in [6.45, 7) is 1.73. The zero-order valence-electron chi connectivity index (χ0n) is 10.0. The van der Waals surface area contributed by atoms with E-state index in [2.05, 4.69) is 9.97 Å². The van der Waals surface area contributed by atoms with Crippen LogP contribution in [0.2, 0.25) is 5.15 Å². The second-order valence-electron chi connectivity index (χ2n) is 4.58. The van der Waals surface area contributed by atoms with Gasteiger partial charge in [-0.3, -0.25) is 0 Å². The van der Waals surface area contributed by atoms with E-state index in [0.29, 0.717) is 22.1 Å². The van der Waals surface area contributed by atoms with Gasteiger partial charge in [-0.1, -0.05) is 23.7 Å². The highest BCUT2D eigenvalue weighted by molar-refractivity contribution is 6.30. The van der Waals surface area contributed by atoms with Gasteiger partial charge in [0.25, 0.3) is 0 Å². The minimum absolute atomic E-state index is 0.243. The molecule has 92 valence electrons. The molecule has 0 saturated heterocycles. The monoisotopic (exact) mass is 262 g/mol. The van der Waals surface area contributed by atoms with Gasteiger partial charge >= 0.3 is 0 Å². The number of fused-ring (bicyclic) bond motifs is 1. The number of aryl methyl sites for hydroxylation is 2. The highest BCUT2D eigenvalue weighted by atomic mass is 35.5. The second kappa shape index (κ2) is 4.32. The van der Waals surface area contributed by atoms with Gasteiger partial charge in [0.15, 0.2) is 5.82 Å². The van der Waals surface area contributed by atoms with Crippen molar-refractivity contribution >= 4 is 11.6 Å². The average Bonchev–Trinajstić information content (AvgIpc) is 2.81. The van der Waals surface area contributed by atoms with Gasteiger partial charge in [0, 0.05) is 16.8 Å². The molecule has 0 saturated carbocycles. The highest BCUT2D eigenvalue weighted by Crippen LogP contribution is 2.29. The van der Waals surface area contributed by atoms with Gasteiger partial charge in [0.1, 0.15) is 11.0 Å². The minimum Gasteiger partial charge on any atom is -0.233 e. The van der Waals surface area contributed by atoms with Crippen LogP contribution in [0.1, 0.15) is 23.2 Å². The highest BCUT2D eigenvalue weighted by Gasteiger charge is 2.18. The first-order valence-corrected chi connectivity index (χ1v) is 6.35. The van der Waals surface area contributed by atoms with Crippen LogP contribution in [0.15, 0.2) is 18.2 Å². The quantitative estimate of drug-likeness (QED) is 0.732. The number of nitrogens with zero attached hydrogens (tertiary/aromatic N) is 2. The number of hydrogen-bond acceptors (Lipinski definition) is 2. The third-order valence-corrected chi connectivity index (χ3v) is 3.63. The Balaban J connectivity index is 2.12. The molecule has 2 nitrogen and oxygen atoms in total. The lowest BCUT2D eigenvalue weighted by Gasteiger charge is -2.06. The average molecular weight is 263 g/mol. The molecule has 3 rings (SSSR count). The molecule has 0 spiro atoms. The van der Waals surface area contributed by atoms with Crippen molar-refractivity contribution in [2.24, 2.45) is 0 Å². The summed E-state index contributed by atoms with van der Waals surface area (Å²) in [6, 6.07) is 5.02. The normalized spacial score (nSPS) is 13.7. The van der Waals surface area contributed by atoms with Crippen LogP contribution in [0, 0.1) is 12.7 Å². The summed E-state index contributed by atoms with van der Waals surface area (Å²) in [4.78, 5) is 8.77. The Morgan fingerprint density at radius 3 is 2.83 bits per heavy atom. The fourth-order valence-corrected chi connectivity index (χ4v) is 2.53. The van der Waals surface area contributed by atoms with Crippen LogP contribution in [-0.2, 0) is 12.8 Å². The van der Waals surface area contributed by atoms with Crippen molar-refractivity contribution < 1.29 is 4.39 Å². The van der Waals surface area contributed by atoms with Crippen LogP contribution in [0.25, 0.3) is 11.4 Å². The molecule has 0 N–H and O–H groups in total. The minimum atomic E-state index is -0.243. The summed E-state index contributed by atoms with van der Waals surface area (Å²) in [7, 11) is 0. The molecule has 0 amide bonds. The Bertz CT molecular complexity index is 625. The molecular weight excluding hydrogens is 251 g/mol. The van der Waals surface area contributed by atoms with Gasteiger partial charge in [-0.2, -0.15) is 0 Å². The molecule has 0 radical (unpaired) electrons. The van der Waals surface area contributed by atoms with E-state index in [4.69, 9.17) is 11.6 Å². The lowest BCUT2D eigenvalue weighted by molar-refractivity contribution is 0.619. The SMILES string of the molecule is Cc1ccc(-c2nc(Cl)c3c(n2)CCC3)cc1F. The van der Waals surface area contributed by atoms with E-state index >= 15 is 0 Å². The van der Waals surface area contributed by atoms with Crippen molar-refractivity contribution in [1.29, 1.82) is 0 Å². The summed E-state index contributed by atoms with van der Waals surface area (Å²) in [6.07, 6.45) is 2.94. The van der Waals surface area contributed by atoms with Gasteiger partial charge < -0.3 is 0 Å². The predicted octanol–water partition coefficient (Wildman–Crippen LogP) is 3.73. The third-order valence-electron chi connectivity index (χ3n) is 3.31. The van der Waals surface area contributed by atoms with Crippen molar-refractivity contribution in [2.45, 2.75) is 26.2 Å². The standard InChI is InChI=1S/C14H12ClFN2/c1-8-5-6-9(7-11(8)16)14-17-12-4-2-3-10(12)13(15)18-14/h5-7H,2-4H2,1H3. The molecule has 1 aromatic carbocycles. The third kappa shape index (κ3) is 1.89. The molecule has 0 fully saturated rings. The maximum absolute atomic E-state index is 13.6. The van der Waals surface area contributed by atoms with Crippen molar-refractivity contribution in [3.05, 3.63) is 46.0 Å². The van der Waals surface area contributed by atoms with Crippen LogP contribution in [0.4, 0.5) is 4.39 Å². The van der Waals surface area contributed by atoms with E-state index in [1.54, 1.807) is 13.0 Å². The van der Waals surface area contributed by atoms with Crippen LogP contribution >= 0.6 is 11.6 Å². The Labute approximate surface area is 110 Å². The first-order chi connectivity index (χ1) is 8.65. The molecule has 0 atom stereocenters. The molecule has 1 aromatic heterocycles. The first kappa shape index (κ1) is 11.6. The van der Waals surface area contributed by atoms with E-state index in [-0.39, 0.29) is 5.82 Å². The summed E-state index contributed by atoms with van der Waals surface area (Å²) < 4.78 is 13.6. The van der Waals surface area contributed by atoms with Crippen LogP contribution in [0.3, 0.4) is 0 Å². The molecular formula is C14H12ClFN2. The Morgan fingerprint density at radius 2 is 2.06 bits per heavy atom. The van der Waals surface area contributed by atoms with Gasteiger partial charge in [-0.05, 0) is 37.8 Å². The fourth-order valence-electron chi connectivity index (χ4n) is 2.25. The summed E-state index contributed by atoms with van der Waals surface area (Å²) >= 11 is 6.15. The van der Waals surface area contributed by atoms with Crippen LogP contribution in [-0.4, -0.2) is 9.97 Å². The number of rotatable bonds is 1. The maximum Gasteiger partial charge on any atom is 0.161 e. The number of benzene rings is 1. The van der Waals surface area contributed by atoms with E-state index in [1.165, 1.54) is 6.07 Å². The lowest BCUT2D eigenvalue weighted by Crippen LogP contribution is -1.98. The summed E-state index contributed by atoms with van der Waals surface area (Å²) in [5, 5.41) is 0.508. The predicted molar refractivity (Wildman–Crippen MR) is 69.2 cm³/mol.